The van der Waals surface area contributed by atoms with E-state index in [1.54, 1.807) is 12.1 Å². The molecule has 19 heavy (non-hydrogen) atoms. The van der Waals surface area contributed by atoms with Crippen LogP contribution in [0.15, 0.2) is 24.3 Å². The third-order valence-electron chi connectivity index (χ3n) is 2.51. The fourth-order valence-electron chi connectivity index (χ4n) is 1.74. The Labute approximate surface area is 110 Å². The zero-order valence-corrected chi connectivity index (χ0v) is 10.4. The van der Waals surface area contributed by atoms with Gasteiger partial charge in [-0.15, -0.1) is 0 Å². The van der Waals surface area contributed by atoms with E-state index in [0.29, 0.717) is 23.6 Å². The van der Waals surface area contributed by atoms with Crippen LogP contribution < -0.4 is 16.2 Å². The smallest absolute Gasteiger partial charge is 0.222 e. The number of aromatic nitrogens is 2. The zero-order chi connectivity index (χ0) is 13.8. The minimum atomic E-state index is 0.0257. The number of nitriles is 1. The first kappa shape index (κ1) is 12.6. The number of para-hydroxylation sites is 1. The Kier molecular flexibility index (Phi) is 3.48. The van der Waals surface area contributed by atoms with Crippen LogP contribution in [0.3, 0.4) is 0 Å². The summed E-state index contributed by atoms with van der Waals surface area (Å²) in [5.41, 5.74) is 12.5. The second kappa shape index (κ2) is 5.23. The Morgan fingerprint density at radius 2 is 2.00 bits per heavy atom. The maximum absolute atomic E-state index is 9.18. The summed E-state index contributed by atoms with van der Waals surface area (Å²) in [5.74, 6) is 0.716. The van der Waals surface area contributed by atoms with Crippen LogP contribution >= 0.6 is 0 Å². The van der Waals surface area contributed by atoms with Gasteiger partial charge in [0.15, 0.2) is 0 Å². The Hall–Kier alpha value is -2.81. The standard InChI is InChI=1S/C13H13N5O/c1-2-19-10-6-4-3-5-8(10)11-9(7-14)12(15)18-13(16)17-11/h3-6H,2H2,1H3,(H4,15,16,17,18). The van der Waals surface area contributed by atoms with Crippen molar-refractivity contribution in [2.75, 3.05) is 18.1 Å². The molecule has 2 rings (SSSR count). The predicted octanol–water partition coefficient (Wildman–Crippen LogP) is 1.58. The van der Waals surface area contributed by atoms with Crippen molar-refractivity contribution < 1.29 is 4.74 Å². The summed E-state index contributed by atoms with van der Waals surface area (Å²) in [6.45, 7) is 2.39. The highest BCUT2D eigenvalue weighted by Crippen LogP contribution is 2.32. The van der Waals surface area contributed by atoms with Gasteiger partial charge < -0.3 is 16.2 Å². The van der Waals surface area contributed by atoms with Crippen LogP contribution in [0.1, 0.15) is 12.5 Å². The van der Waals surface area contributed by atoms with Crippen molar-refractivity contribution in [2.24, 2.45) is 0 Å². The van der Waals surface area contributed by atoms with E-state index in [1.165, 1.54) is 0 Å². The summed E-state index contributed by atoms with van der Waals surface area (Å²) >= 11 is 0. The van der Waals surface area contributed by atoms with Crippen LogP contribution in [0.5, 0.6) is 5.75 Å². The molecule has 96 valence electrons. The van der Waals surface area contributed by atoms with Gasteiger partial charge in [0.1, 0.15) is 23.2 Å². The average molecular weight is 255 g/mol. The van der Waals surface area contributed by atoms with Gasteiger partial charge in [0, 0.05) is 5.56 Å². The molecular formula is C13H13N5O. The summed E-state index contributed by atoms with van der Waals surface area (Å²) in [7, 11) is 0. The molecule has 0 aliphatic heterocycles. The van der Waals surface area contributed by atoms with Crippen LogP contribution in [0.25, 0.3) is 11.3 Å². The van der Waals surface area contributed by atoms with Gasteiger partial charge in [-0.1, -0.05) is 12.1 Å². The molecule has 4 N–H and O–H groups in total. The molecule has 0 amide bonds. The fourth-order valence-corrected chi connectivity index (χ4v) is 1.74. The molecule has 2 aromatic rings. The number of anilines is 2. The second-order valence-electron chi connectivity index (χ2n) is 3.73. The number of ether oxygens (including phenoxy) is 1. The van der Waals surface area contributed by atoms with E-state index < -0.39 is 0 Å². The molecule has 0 fully saturated rings. The van der Waals surface area contributed by atoms with Gasteiger partial charge in [-0.25, -0.2) is 4.98 Å². The van der Waals surface area contributed by atoms with Crippen molar-refractivity contribution in [1.29, 1.82) is 5.26 Å². The van der Waals surface area contributed by atoms with Crippen molar-refractivity contribution in [1.82, 2.24) is 9.97 Å². The fraction of sp³-hybridized carbons (Fsp3) is 0.154. The Morgan fingerprint density at radius 1 is 1.26 bits per heavy atom. The monoisotopic (exact) mass is 255 g/mol. The lowest BCUT2D eigenvalue weighted by atomic mass is 10.1. The van der Waals surface area contributed by atoms with E-state index in [4.69, 9.17) is 16.2 Å². The number of hydrogen-bond donors (Lipinski definition) is 2. The first-order valence-corrected chi connectivity index (χ1v) is 5.72. The first-order valence-electron chi connectivity index (χ1n) is 5.72. The van der Waals surface area contributed by atoms with Crippen LogP contribution in [-0.2, 0) is 0 Å². The topological polar surface area (TPSA) is 111 Å². The predicted molar refractivity (Wildman–Crippen MR) is 72.2 cm³/mol. The van der Waals surface area contributed by atoms with Gasteiger partial charge in [-0.3, -0.25) is 0 Å². The maximum atomic E-state index is 9.18. The number of benzene rings is 1. The lowest BCUT2D eigenvalue weighted by Crippen LogP contribution is -2.05. The molecule has 1 aromatic heterocycles. The lowest BCUT2D eigenvalue weighted by Gasteiger charge is -2.11. The van der Waals surface area contributed by atoms with Gasteiger partial charge in [-0.2, -0.15) is 10.2 Å². The van der Waals surface area contributed by atoms with E-state index >= 15 is 0 Å². The molecule has 0 aliphatic carbocycles. The third kappa shape index (κ3) is 2.40. The molecule has 0 unspecified atom stereocenters. The molecule has 1 aromatic carbocycles. The molecule has 0 spiro atoms. The second-order valence-corrected chi connectivity index (χ2v) is 3.73. The molecule has 0 bridgehead atoms. The van der Waals surface area contributed by atoms with Gasteiger partial charge in [0.05, 0.1) is 12.3 Å². The van der Waals surface area contributed by atoms with Crippen molar-refractivity contribution in [3.05, 3.63) is 29.8 Å². The SMILES string of the molecule is CCOc1ccccc1-c1nc(N)nc(N)c1C#N. The highest BCUT2D eigenvalue weighted by molar-refractivity contribution is 5.77. The average Bonchev–Trinajstić information content (AvgIpc) is 2.39. The normalized spacial score (nSPS) is 9.89. The molecular weight excluding hydrogens is 242 g/mol. The van der Waals surface area contributed by atoms with Crippen LogP contribution in [-0.4, -0.2) is 16.6 Å². The number of nitrogen functional groups attached to an aromatic ring is 2. The van der Waals surface area contributed by atoms with Gasteiger partial charge in [-0.05, 0) is 19.1 Å². The molecule has 0 aliphatic rings. The number of nitrogens with zero attached hydrogens (tertiary/aromatic N) is 3. The zero-order valence-electron chi connectivity index (χ0n) is 10.4. The van der Waals surface area contributed by atoms with Crippen LogP contribution in [0.2, 0.25) is 0 Å². The highest BCUT2D eigenvalue weighted by Gasteiger charge is 2.16. The van der Waals surface area contributed by atoms with Crippen molar-refractivity contribution in [2.45, 2.75) is 6.92 Å². The maximum Gasteiger partial charge on any atom is 0.222 e. The summed E-state index contributed by atoms with van der Waals surface area (Å²) in [6, 6.07) is 9.27. The Bertz CT molecular complexity index is 648. The largest absolute Gasteiger partial charge is 0.493 e. The Morgan fingerprint density at radius 3 is 2.68 bits per heavy atom. The molecule has 0 saturated heterocycles. The van der Waals surface area contributed by atoms with Crippen molar-refractivity contribution in [3.63, 3.8) is 0 Å². The van der Waals surface area contributed by atoms with E-state index in [9.17, 15) is 5.26 Å². The summed E-state index contributed by atoms with van der Waals surface area (Å²) in [6.07, 6.45) is 0. The summed E-state index contributed by atoms with van der Waals surface area (Å²) < 4.78 is 5.52. The highest BCUT2D eigenvalue weighted by atomic mass is 16.5. The number of hydrogen-bond acceptors (Lipinski definition) is 6. The third-order valence-corrected chi connectivity index (χ3v) is 2.51. The van der Waals surface area contributed by atoms with Gasteiger partial charge in [0.2, 0.25) is 5.95 Å². The van der Waals surface area contributed by atoms with Gasteiger partial charge >= 0.3 is 0 Å². The van der Waals surface area contributed by atoms with Gasteiger partial charge in [0.25, 0.3) is 0 Å². The summed E-state index contributed by atoms with van der Waals surface area (Å²) in [5, 5.41) is 9.18. The van der Waals surface area contributed by atoms with Crippen LogP contribution in [0.4, 0.5) is 11.8 Å². The quantitative estimate of drug-likeness (QED) is 0.861. The van der Waals surface area contributed by atoms with Crippen molar-refractivity contribution >= 4 is 11.8 Å². The first-order chi connectivity index (χ1) is 9.17. The van der Waals surface area contributed by atoms with Crippen LogP contribution in [0, 0.1) is 11.3 Å². The molecule has 0 atom stereocenters. The van der Waals surface area contributed by atoms with E-state index in [0.717, 1.165) is 0 Å². The molecule has 6 nitrogen and oxygen atoms in total. The molecule has 0 saturated carbocycles. The Balaban J connectivity index is 2.69. The van der Waals surface area contributed by atoms with Crippen molar-refractivity contribution in [3.8, 4) is 23.1 Å². The van der Waals surface area contributed by atoms with E-state index in [2.05, 4.69) is 9.97 Å². The minimum absolute atomic E-state index is 0.0257. The molecule has 0 radical (unpaired) electrons. The molecule has 1 heterocycles. The summed E-state index contributed by atoms with van der Waals surface area (Å²) in [4.78, 5) is 7.89. The minimum Gasteiger partial charge on any atom is -0.493 e. The lowest BCUT2D eigenvalue weighted by molar-refractivity contribution is 0.341. The van der Waals surface area contributed by atoms with E-state index in [-0.39, 0.29) is 17.3 Å². The number of nitrogens with two attached hydrogens (primary N) is 2. The molecule has 6 heteroatoms. The van der Waals surface area contributed by atoms with E-state index in [1.807, 2.05) is 25.1 Å². The number of rotatable bonds is 3.